The molecule has 0 atom stereocenters. The van der Waals surface area contributed by atoms with Crippen LogP contribution in [0.1, 0.15) is 32.8 Å². The molecular formula is C24H27F3N4O2. The normalized spacial score (nSPS) is 11.4. The molecule has 0 bridgehead atoms. The summed E-state index contributed by atoms with van der Waals surface area (Å²) in [6, 6.07) is 13.8. The van der Waals surface area contributed by atoms with Gasteiger partial charge in [-0.05, 0) is 48.7 Å². The highest BCUT2D eigenvalue weighted by Gasteiger charge is 2.35. The predicted molar refractivity (Wildman–Crippen MR) is 123 cm³/mol. The monoisotopic (exact) mass is 460 g/mol. The summed E-state index contributed by atoms with van der Waals surface area (Å²) in [6.45, 7) is 7.09. The van der Waals surface area contributed by atoms with Crippen LogP contribution in [0.5, 0.6) is 11.5 Å². The SMILES string of the molecule is CCCOc1ccccc1Nc1nc(Nc2ccc(OCC(C)C)cc2)ncc1C(F)(F)F. The molecule has 1 heterocycles. The van der Waals surface area contributed by atoms with Gasteiger partial charge in [0.05, 0.1) is 18.9 Å². The summed E-state index contributed by atoms with van der Waals surface area (Å²) in [4.78, 5) is 7.94. The Hall–Kier alpha value is -3.49. The van der Waals surface area contributed by atoms with Crippen molar-refractivity contribution in [1.29, 1.82) is 0 Å². The minimum Gasteiger partial charge on any atom is -0.493 e. The van der Waals surface area contributed by atoms with Crippen molar-refractivity contribution in [2.75, 3.05) is 23.8 Å². The van der Waals surface area contributed by atoms with Gasteiger partial charge in [0, 0.05) is 11.9 Å². The Balaban J connectivity index is 1.84. The van der Waals surface area contributed by atoms with Gasteiger partial charge in [-0.25, -0.2) is 4.98 Å². The van der Waals surface area contributed by atoms with E-state index >= 15 is 0 Å². The first-order valence-corrected chi connectivity index (χ1v) is 10.7. The van der Waals surface area contributed by atoms with Gasteiger partial charge in [0.15, 0.2) is 0 Å². The number of ether oxygens (including phenoxy) is 2. The number of rotatable bonds is 10. The zero-order valence-electron chi connectivity index (χ0n) is 18.7. The molecule has 0 fully saturated rings. The first-order valence-electron chi connectivity index (χ1n) is 10.7. The molecule has 0 radical (unpaired) electrons. The molecule has 1 aromatic heterocycles. The number of anilines is 4. The zero-order valence-corrected chi connectivity index (χ0v) is 18.7. The molecule has 0 saturated carbocycles. The highest BCUT2D eigenvalue weighted by Crippen LogP contribution is 2.37. The second kappa shape index (κ2) is 10.9. The maximum Gasteiger partial charge on any atom is 0.421 e. The third-order valence-electron chi connectivity index (χ3n) is 4.39. The van der Waals surface area contributed by atoms with Gasteiger partial charge in [-0.2, -0.15) is 18.2 Å². The lowest BCUT2D eigenvalue weighted by Crippen LogP contribution is -2.13. The molecule has 2 aromatic carbocycles. The number of hydrogen-bond acceptors (Lipinski definition) is 6. The molecule has 6 nitrogen and oxygen atoms in total. The topological polar surface area (TPSA) is 68.3 Å². The predicted octanol–water partition coefficient (Wildman–Crippen LogP) is 6.81. The summed E-state index contributed by atoms with van der Waals surface area (Å²) >= 11 is 0. The van der Waals surface area contributed by atoms with E-state index in [4.69, 9.17) is 9.47 Å². The summed E-state index contributed by atoms with van der Waals surface area (Å²) in [5, 5.41) is 5.70. The van der Waals surface area contributed by atoms with Crippen molar-refractivity contribution in [3.8, 4) is 11.5 Å². The van der Waals surface area contributed by atoms with Gasteiger partial charge in [0.1, 0.15) is 22.9 Å². The van der Waals surface area contributed by atoms with E-state index in [9.17, 15) is 13.2 Å². The molecule has 0 amide bonds. The number of hydrogen-bond donors (Lipinski definition) is 2. The average Bonchev–Trinajstić information content (AvgIpc) is 2.77. The highest BCUT2D eigenvalue weighted by molar-refractivity contribution is 5.67. The standard InChI is InChI=1S/C24H27F3N4O2/c1-4-13-32-21-8-6-5-7-20(21)30-22-19(24(25,26)27)14-28-23(31-22)29-17-9-11-18(12-10-17)33-15-16(2)3/h5-12,14,16H,4,13,15H2,1-3H3,(H2,28,29,30,31). The van der Waals surface area contributed by atoms with Crippen molar-refractivity contribution < 1.29 is 22.6 Å². The molecule has 0 aliphatic carbocycles. The van der Waals surface area contributed by atoms with Gasteiger partial charge in [0.25, 0.3) is 0 Å². The van der Waals surface area contributed by atoms with E-state index in [1.807, 2.05) is 6.92 Å². The molecule has 0 aliphatic rings. The van der Waals surface area contributed by atoms with E-state index < -0.39 is 11.7 Å². The summed E-state index contributed by atoms with van der Waals surface area (Å²) < 4.78 is 52.1. The number of para-hydroxylation sites is 2. The molecule has 3 rings (SSSR count). The smallest absolute Gasteiger partial charge is 0.421 e. The minimum atomic E-state index is -4.63. The van der Waals surface area contributed by atoms with E-state index in [2.05, 4.69) is 34.4 Å². The second-order valence-corrected chi connectivity index (χ2v) is 7.78. The fourth-order valence-corrected chi connectivity index (χ4v) is 2.81. The third kappa shape index (κ3) is 7.00. The number of alkyl halides is 3. The van der Waals surface area contributed by atoms with Crippen LogP contribution in [-0.4, -0.2) is 23.2 Å². The van der Waals surface area contributed by atoms with Gasteiger partial charge in [0.2, 0.25) is 5.95 Å². The Bertz CT molecular complexity index is 1040. The van der Waals surface area contributed by atoms with Crippen LogP contribution in [0.15, 0.2) is 54.7 Å². The Kier molecular flexibility index (Phi) is 7.97. The van der Waals surface area contributed by atoms with Crippen LogP contribution in [0.4, 0.5) is 36.3 Å². The van der Waals surface area contributed by atoms with Crippen LogP contribution in [0.25, 0.3) is 0 Å². The van der Waals surface area contributed by atoms with Gasteiger partial charge in [-0.3, -0.25) is 0 Å². The molecule has 0 unspecified atom stereocenters. The molecule has 0 spiro atoms. The van der Waals surface area contributed by atoms with Crippen molar-refractivity contribution in [3.63, 3.8) is 0 Å². The third-order valence-corrected chi connectivity index (χ3v) is 4.39. The van der Waals surface area contributed by atoms with Gasteiger partial charge < -0.3 is 20.1 Å². The fourth-order valence-electron chi connectivity index (χ4n) is 2.81. The quantitative estimate of drug-likeness (QED) is 0.347. The summed E-state index contributed by atoms with van der Waals surface area (Å²) in [5.74, 6) is 1.19. The Morgan fingerprint density at radius 1 is 0.970 bits per heavy atom. The van der Waals surface area contributed by atoms with Crippen LogP contribution in [0.2, 0.25) is 0 Å². The van der Waals surface area contributed by atoms with E-state index in [-0.39, 0.29) is 11.8 Å². The molecule has 3 aromatic rings. The summed E-state index contributed by atoms with van der Waals surface area (Å²) in [6.07, 6.45) is -3.10. The van der Waals surface area contributed by atoms with Crippen molar-refractivity contribution in [2.45, 2.75) is 33.4 Å². The van der Waals surface area contributed by atoms with E-state index in [0.29, 0.717) is 42.0 Å². The van der Waals surface area contributed by atoms with Crippen molar-refractivity contribution >= 4 is 23.1 Å². The second-order valence-electron chi connectivity index (χ2n) is 7.78. The molecule has 33 heavy (non-hydrogen) atoms. The Morgan fingerprint density at radius 3 is 2.36 bits per heavy atom. The maximum absolute atomic E-state index is 13.6. The van der Waals surface area contributed by atoms with E-state index in [0.717, 1.165) is 12.6 Å². The lowest BCUT2D eigenvalue weighted by atomic mass is 10.2. The van der Waals surface area contributed by atoms with Crippen LogP contribution in [0, 0.1) is 5.92 Å². The summed E-state index contributed by atoms with van der Waals surface area (Å²) in [5.41, 5.74) is 0.0211. The number of halogens is 3. The molecular weight excluding hydrogens is 433 g/mol. The van der Waals surface area contributed by atoms with Crippen molar-refractivity contribution in [1.82, 2.24) is 9.97 Å². The largest absolute Gasteiger partial charge is 0.493 e. The van der Waals surface area contributed by atoms with Crippen molar-refractivity contribution in [2.24, 2.45) is 5.92 Å². The number of nitrogens with zero attached hydrogens (tertiary/aromatic N) is 2. The van der Waals surface area contributed by atoms with Gasteiger partial charge in [-0.1, -0.05) is 32.9 Å². The molecule has 0 aliphatic heterocycles. The van der Waals surface area contributed by atoms with Crippen molar-refractivity contribution in [3.05, 3.63) is 60.3 Å². The van der Waals surface area contributed by atoms with Crippen LogP contribution < -0.4 is 20.1 Å². The van der Waals surface area contributed by atoms with E-state index in [1.54, 1.807) is 48.5 Å². The molecule has 9 heteroatoms. The van der Waals surface area contributed by atoms with E-state index in [1.165, 1.54) is 0 Å². The number of nitrogens with one attached hydrogen (secondary N) is 2. The first-order chi connectivity index (χ1) is 15.8. The average molecular weight is 461 g/mol. The van der Waals surface area contributed by atoms with Crippen LogP contribution >= 0.6 is 0 Å². The lowest BCUT2D eigenvalue weighted by molar-refractivity contribution is -0.137. The number of aromatic nitrogens is 2. The van der Waals surface area contributed by atoms with Gasteiger partial charge in [-0.15, -0.1) is 0 Å². The Morgan fingerprint density at radius 2 is 1.70 bits per heavy atom. The Labute approximate surface area is 191 Å². The number of benzene rings is 2. The zero-order chi connectivity index (χ0) is 23.8. The van der Waals surface area contributed by atoms with Crippen LogP contribution in [0.3, 0.4) is 0 Å². The molecule has 2 N–H and O–H groups in total. The highest BCUT2D eigenvalue weighted by atomic mass is 19.4. The minimum absolute atomic E-state index is 0.0216. The lowest BCUT2D eigenvalue weighted by Gasteiger charge is -2.17. The first kappa shape index (κ1) is 24.2. The van der Waals surface area contributed by atoms with Gasteiger partial charge >= 0.3 is 6.18 Å². The fraction of sp³-hybridized carbons (Fsp3) is 0.333. The summed E-state index contributed by atoms with van der Waals surface area (Å²) in [7, 11) is 0. The molecule has 176 valence electrons. The van der Waals surface area contributed by atoms with Crippen LogP contribution in [-0.2, 0) is 6.18 Å². The maximum atomic E-state index is 13.6. The molecule has 0 saturated heterocycles.